The SMILES string of the molecule is Fc1cccc(COc2cc(Br)ccn2)c1. The zero-order valence-electron chi connectivity index (χ0n) is 8.36. The maximum absolute atomic E-state index is 12.9. The summed E-state index contributed by atoms with van der Waals surface area (Å²) in [5, 5.41) is 0. The van der Waals surface area contributed by atoms with Crippen LogP contribution in [0, 0.1) is 5.82 Å². The highest BCUT2D eigenvalue weighted by Crippen LogP contribution is 2.16. The van der Waals surface area contributed by atoms with Crippen LogP contribution in [0.1, 0.15) is 5.56 Å². The molecule has 0 unspecified atom stereocenters. The maximum Gasteiger partial charge on any atom is 0.214 e. The summed E-state index contributed by atoms with van der Waals surface area (Å²) in [5.74, 6) is 0.252. The molecular formula is C12H9BrFNO. The minimum absolute atomic E-state index is 0.261. The van der Waals surface area contributed by atoms with Gasteiger partial charge in [0.1, 0.15) is 12.4 Å². The average Bonchev–Trinajstić information content (AvgIpc) is 2.27. The van der Waals surface area contributed by atoms with Gasteiger partial charge in [0.15, 0.2) is 0 Å². The second-order valence-corrected chi connectivity index (χ2v) is 4.15. The highest BCUT2D eigenvalue weighted by atomic mass is 79.9. The molecule has 0 aliphatic carbocycles. The Labute approximate surface area is 101 Å². The molecule has 2 nitrogen and oxygen atoms in total. The van der Waals surface area contributed by atoms with E-state index in [2.05, 4.69) is 20.9 Å². The molecular weight excluding hydrogens is 273 g/mol. The van der Waals surface area contributed by atoms with Crippen LogP contribution in [0.15, 0.2) is 47.1 Å². The van der Waals surface area contributed by atoms with E-state index in [1.54, 1.807) is 24.4 Å². The maximum atomic E-state index is 12.9. The highest BCUT2D eigenvalue weighted by Gasteiger charge is 1.99. The Morgan fingerprint density at radius 2 is 2.12 bits per heavy atom. The predicted molar refractivity (Wildman–Crippen MR) is 62.7 cm³/mol. The van der Waals surface area contributed by atoms with Gasteiger partial charge >= 0.3 is 0 Å². The van der Waals surface area contributed by atoms with Gasteiger partial charge in [-0.1, -0.05) is 28.1 Å². The molecule has 0 fully saturated rings. The first kappa shape index (κ1) is 11.1. The average molecular weight is 282 g/mol. The van der Waals surface area contributed by atoms with Gasteiger partial charge in [-0.15, -0.1) is 0 Å². The van der Waals surface area contributed by atoms with E-state index in [1.165, 1.54) is 12.1 Å². The summed E-state index contributed by atoms with van der Waals surface area (Å²) in [6.07, 6.45) is 1.64. The van der Waals surface area contributed by atoms with Crippen LogP contribution in [0.3, 0.4) is 0 Å². The molecule has 1 heterocycles. The molecule has 4 heteroatoms. The van der Waals surface area contributed by atoms with Crippen molar-refractivity contribution < 1.29 is 9.13 Å². The van der Waals surface area contributed by atoms with Gasteiger partial charge in [0.25, 0.3) is 0 Å². The quantitative estimate of drug-likeness (QED) is 0.858. The standard InChI is InChI=1S/C12H9BrFNO/c13-10-4-5-15-12(7-10)16-8-9-2-1-3-11(14)6-9/h1-7H,8H2. The molecule has 0 radical (unpaired) electrons. The lowest BCUT2D eigenvalue weighted by Gasteiger charge is -2.05. The number of halogens is 2. The Morgan fingerprint density at radius 3 is 2.88 bits per heavy atom. The zero-order valence-corrected chi connectivity index (χ0v) is 9.95. The molecule has 82 valence electrons. The van der Waals surface area contributed by atoms with Crippen LogP contribution in [-0.2, 0) is 6.61 Å². The molecule has 1 aromatic heterocycles. The van der Waals surface area contributed by atoms with E-state index in [9.17, 15) is 4.39 Å². The molecule has 0 bridgehead atoms. The number of pyridine rings is 1. The molecule has 16 heavy (non-hydrogen) atoms. The van der Waals surface area contributed by atoms with Crippen molar-refractivity contribution in [3.63, 3.8) is 0 Å². The van der Waals surface area contributed by atoms with Crippen LogP contribution < -0.4 is 4.74 Å². The van der Waals surface area contributed by atoms with Gasteiger partial charge in [0.2, 0.25) is 5.88 Å². The highest BCUT2D eigenvalue weighted by molar-refractivity contribution is 9.10. The number of ether oxygens (including phenoxy) is 1. The fourth-order valence-corrected chi connectivity index (χ4v) is 1.56. The molecule has 2 aromatic rings. The lowest BCUT2D eigenvalue weighted by atomic mass is 10.2. The Hall–Kier alpha value is -1.42. The van der Waals surface area contributed by atoms with Gasteiger partial charge < -0.3 is 4.74 Å². The first-order valence-corrected chi connectivity index (χ1v) is 5.52. The third-order valence-corrected chi connectivity index (χ3v) is 2.47. The number of aromatic nitrogens is 1. The van der Waals surface area contributed by atoms with Crippen LogP contribution >= 0.6 is 15.9 Å². The fourth-order valence-electron chi connectivity index (χ4n) is 1.25. The molecule has 0 N–H and O–H groups in total. The van der Waals surface area contributed by atoms with Crippen LogP contribution in [-0.4, -0.2) is 4.98 Å². The number of rotatable bonds is 3. The summed E-state index contributed by atoms with van der Waals surface area (Å²) in [6, 6.07) is 9.89. The second kappa shape index (κ2) is 5.07. The summed E-state index contributed by atoms with van der Waals surface area (Å²) in [6.45, 7) is 0.307. The largest absolute Gasteiger partial charge is 0.473 e. The minimum atomic E-state index is -0.261. The van der Waals surface area contributed by atoms with Gasteiger partial charge in [-0.25, -0.2) is 9.37 Å². The Bertz CT molecular complexity index is 444. The number of nitrogens with zero attached hydrogens (tertiary/aromatic N) is 1. The van der Waals surface area contributed by atoms with Crippen LogP contribution in [0.25, 0.3) is 0 Å². The van der Waals surface area contributed by atoms with Crippen LogP contribution in [0.4, 0.5) is 4.39 Å². The monoisotopic (exact) mass is 281 g/mol. The van der Waals surface area contributed by atoms with Gasteiger partial charge in [0, 0.05) is 16.7 Å². The smallest absolute Gasteiger partial charge is 0.214 e. The molecule has 0 spiro atoms. The molecule has 0 saturated heterocycles. The van der Waals surface area contributed by atoms with Gasteiger partial charge in [-0.3, -0.25) is 0 Å². The first-order valence-electron chi connectivity index (χ1n) is 4.73. The zero-order chi connectivity index (χ0) is 11.4. The van der Waals surface area contributed by atoms with Crippen molar-refractivity contribution >= 4 is 15.9 Å². The summed E-state index contributed by atoms with van der Waals surface area (Å²) in [5.41, 5.74) is 0.779. The molecule has 1 aromatic carbocycles. The summed E-state index contributed by atoms with van der Waals surface area (Å²) in [7, 11) is 0. The molecule has 2 rings (SSSR count). The molecule has 0 saturated carbocycles. The molecule has 0 amide bonds. The van der Waals surface area contributed by atoms with E-state index in [-0.39, 0.29) is 5.82 Å². The van der Waals surface area contributed by atoms with Gasteiger partial charge in [-0.2, -0.15) is 0 Å². The van der Waals surface area contributed by atoms with Crippen molar-refractivity contribution in [3.8, 4) is 5.88 Å². The van der Waals surface area contributed by atoms with Crippen molar-refractivity contribution in [1.82, 2.24) is 4.98 Å². The van der Waals surface area contributed by atoms with E-state index >= 15 is 0 Å². The lowest BCUT2D eigenvalue weighted by molar-refractivity contribution is 0.293. The van der Waals surface area contributed by atoms with E-state index < -0.39 is 0 Å². The number of hydrogen-bond acceptors (Lipinski definition) is 2. The van der Waals surface area contributed by atoms with Gasteiger partial charge in [-0.05, 0) is 23.8 Å². The van der Waals surface area contributed by atoms with Crippen molar-refractivity contribution in [1.29, 1.82) is 0 Å². The summed E-state index contributed by atoms with van der Waals surface area (Å²) in [4.78, 5) is 4.03. The topological polar surface area (TPSA) is 22.1 Å². The lowest BCUT2D eigenvalue weighted by Crippen LogP contribution is -1.97. The summed E-state index contributed by atoms with van der Waals surface area (Å²) >= 11 is 3.32. The molecule has 0 atom stereocenters. The second-order valence-electron chi connectivity index (χ2n) is 3.23. The van der Waals surface area contributed by atoms with Crippen LogP contribution in [0.5, 0.6) is 5.88 Å². The van der Waals surface area contributed by atoms with E-state index in [0.717, 1.165) is 10.0 Å². The van der Waals surface area contributed by atoms with Crippen molar-refractivity contribution in [2.75, 3.05) is 0 Å². The van der Waals surface area contributed by atoms with Gasteiger partial charge in [0.05, 0.1) is 0 Å². The fraction of sp³-hybridized carbons (Fsp3) is 0.0833. The number of hydrogen-bond donors (Lipinski definition) is 0. The van der Waals surface area contributed by atoms with E-state index in [4.69, 9.17) is 4.74 Å². The summed E-state index contributed by atoms with van der Waals surface area (Å²) < 4.78 is 19.2. The van der Waals surface area contributed by atoms with E-state index in [0.29, 0.717) is 12.5 Å². The van der Waals surface area contributed by atoms with Crippen LogP contribution in [0.2, 0.25) is 0 Å². The van der Waals surface area contributed by atoms with Crippen molar-refractivity contribution in [2.24, 2.45) is 0 Å². The van der Waals surface area contributed by atoms with Crippen molar-refractivity contribution in [2.45, 2.75) is 6.61 Å². The third kappa shape index (κ3) is 3.03. The Kier molecular flexibility index (Phi) is 3.51. The number of benzene rings is 1. The Morgan fingerprint density at radius 1 is 1.25 bits per heavy atom. The first-order chi connectivity index (χ1) is 7.74. The normalized spacial score (nSPS) is 10.1. The Balaban J connectivity index is 2.02. The minimum Gasteiger partial charge on any atom is -0.473 e. The van der Waals surface area contributed by atoms with E-state index in [1.807, 2.05) is 6.07 Å². The van der Waals surface area contributed by atoms with Crippen molar-refractivity contribution in [3.05, 3.63) is 58.4 Å². The molecule has 0 aliphatic heterocycles. The molecule has 0 aliphatic rings. The predicted octanol–water partition coefficient (Wildman–Crippen LogP) is 3.56. The third-order valence-electron chi connectivity index (χ3n) is 1.97.